The van der Waals surface area contributed by atoms with Crippen molar-refractivity contribution in [2.45, 2.75) is 6.92 Å². The highest BCUT2D eigenvalue weighted by molar-refractivity contribution is 9.10. The Hall–Kier alpha value is -1.99. The largest absolute Gasteiger partial charge is 0.492 e. The molecule has 0 aliphatic carbocycles. The number of halogens is 1. The fourth-order valence-electron chi connectivity index (χ4n) is 1.73. The molecule has 0 spiro atoms. The lowest BCUT2D eigenvalue weighted by Crippen LogP contribution is -1.97. The molecule has 0 radical (unpaired) electrons. The van der Waals surface area contributed by atoms with Crippen LogP contribution in [0.2, 0.25) is 0 Å². The maximum atomic E-state index is 8.97. The van der Waals surface area contributed by atoms with E-state index < -0.39 is 0 Å². The summed E-state index contributed by atoms with van der Waals surface area (Å²) >= 11 is 3.39. The summed E-state index contributed by atoms with van der Waals surface area (Å²) < 4.78 is 6.42. The smallest absolute Gasteiger partial charge is 0.142 e. The first-order valence-corrected chi connectivity index (χ1v) is 6.71. The summed E-state index contributed by atoms with van der Waals surface area (Å²) in [4.78, 5) is 0. The second kappa shape index (κ2) is 6.26. The van der Waals surface area contributed by atoms with E-state index in [1.165, 1.54) is 0 Å². The fourth-order valence-corrected chi connectivity index (χ4v) is 2.23. The SMILES string of the molecule is CCOc1ccccc1Nc1cc(Br)cc(C#N)c1. The van der Waals surface area contributed by atoms with Gasteiger partial charge in [0.1, 0.15) is 5.75 Å². The van der Waals surface area contributed by atoms with Crippen molar-refractivity contribution in [3.63, 3.8) is 0 Å². The van der Waals surface area contributed by atoms with Crippen LogP contribution in [0.1, 0.15) is 12.5 Å². The number of hydrogen-bond acceptors (Lipinski definition) is 3. The predicted molar refractivity (Wildman–Crippen MR) is 79.8 cm³/mol. The molecule has 0 aliphatic heterocycles. The second-order valence-corrected chi connectivity index (χ2v) is 4.81. The molecule has 19 heavy (non-hydrogen) atoms. The summed E-state index contributed by atoms with van der Waals surface area (Å²) in [6.07, 6.45) is 0. The molecule has 2 aromatic rings. The Bertz CT molecular complexity index is 620. The number of nitriles is 1. The molecule has 0 aromatic heterocycles. The molecular formula is C15H13BrN2O. The van der Waals surface area contributed by atoms with Crippen molar-refractivity contribution in [1.82, 2.24) is 0 Å². The topological polar surface area (TPSA) is 45.0 Å². The van der Waals surface area contributed by atoms with Gasteiger partial charge in [0, 0.05) is 10.2 Å². The average Bonchev–Trinajstić information content (AvgIpc) is 2.40. The van der Waals surface area contributed by atoms with Crippen molar-refractivity contribution in [1.29, 1.82) is 5.26 Å². The van der Waals surface area contributed by atoms with E-state index in [2.05, 4.69) is 27.3 Å². The van der Waals surface area contributed by atoms with E-state index in [1.807, 2.05) is 37.3 Å². The molecule has 2 aromatic carbocycles. The third kappa shape index (κ3) is 3.49. The summed E-state index contributed by atoms with van der Waals surface area (Å²) in [7, 11) is 0. The molecular weight excluding hydrogens is 304 g/mol. The number of nitrogens with zero attached hydrogens (tertiary/aromatic N) is 1. The highest BCUT2D eigenvalue weighted by atomic mass is 79.9. The number of nitrogens with one attached hydrogen (secondary N) is 1. The van der Waals surface area contributed by atoms with Crippen LogP contribution in [0.4, 0.5) is 11.4 Å². The summed E-state index contributed by atoms with van der Waals surface area (Å²) in [5.41, 5.74) is 2.33. The van der Waals surface area contributed by atoms with Gasteiger partial charge in [-0.1, -0.05) is 28.1 Å². The third-order valence-electron chi connectivity index (χ3n) is 2.49. The quantitative estimate of drug-likeness (QED) is 0.905. The molecule has 0 saturated carbocycles. The fraction of sp³-hybridized carbons (Fsp3) is 0.133. The van der Waals surface area contributed by atoms with E-state index in [-0.39, 0.29) is 0 Å². The first kappa shape index (κ1) is 13.4. The van der Waals surface area contributed by atoms with Crippen molar-refractivity contribution >= 4 is 27.3 Å². The standard InChI is InChI=1S/C15H13BrN2O/c1-2-19-15-6-4-3-5-14(15)18-13-8-11(10-17)7-12(16)9-13/h3-9,18H,2H2,1H3. The van der Waals surface area contributed by atoms with Gasteiger partial charge in [-0.3, -0.25) is 0 Å². The average molecular weight is 317 g/mol. The second-order valence-electron chi connectivity index (χ2n) is 3.89. The van der Waals surface area contributed by atoms with Crippen molar-refractivity contribution in [3.05, 3.63) is 52.5 Å². The molecule has 1 N–H and O–H groups in total. The Kier molecular flexibility index (Phi) is 4.43. The van der Waals surface area contributed by atoms with Crippen molar-refractivity contribution in [2.75, 3.05) is 11.9 Å². The molecule has 3 nitrogen and oxygen atoms in total. The van der Waals surface area contributed by atoms with Crippen LogP contribution < -0.4 is 10.1 Å². The van der Waals surface area contributed by atoms with Crippen molar-refractivity contribution in [2.24, 2.45) is 0 Å². The molecule has 2 rings (SSSR count). The monoisotopic (exact) mass is 316 g/mol. The lowest BCUT2D eigenvalue weighted by molar-refractivity contribution is 0.342. The molecule has 0 atom stereocenters. The maximum Gasteiger partial charge on any atom is 0.142 e. The van der Waals surface area contributed by atoms with Gasteiger partial charge in [-0.2, -0.15) is 5.26 Å². The minimum absolute atomic E-state index is 0.603. The van der Waals surface area contributed by atoms with Crippen LogP contribution in [0, 0.1) is 11.3 Å². The van der Waals surface area contributed by atoms with Crippen molar-refractivity contribution < 1.29 is 4.74 Å². The van der Waals surface area contributed by atoms with Gasteiger partial charge in [-0.25, -0.2) is 0 Å². The van der Waals surface area contributed by atoms with Crippen LogP contribution in [0.5, 0.6) is 5.75 Å². The van der Waals surface area contributed by atoms with Crippen molar-refractivity contribution in [3.8, 4) is 11.8 Å². The van der Waals surface area contributed by atoms with Crippen LogP contribution >= 0.6 is 15.9 Å². The number of rotatable bonds is 4. The summed E-state index contributed by atoms with van der Waals surface area (Å²) in [5.74, 6) is 0.795. The molecule has 96 valence electrons. The van der Waals surface area contributed by atoms with Gasteiger partial charge in [-0.05, 0) is 37.3 Å². The lowest BCUT2D eigenvalue weighted by atomic mass is 10.2. The highest BCUT2D eigenvalue weighted by Crippen LogP contribution is 2.29. The highest BCUT2D eigenvalue weighted by Gasteiger charge is 2.04. The van der Waals surface area contributed by atoms with Gasteiger partial charge in [0.15, 0.2) is 0 Å². The zero-order valence-corrected chi connectivity index (χ0v) is 12.1. The third-order valence-corrected chi connectivity index (χ3v) is 2.95. The number of anilines is 2. The molecule has 0 unspecified atom stereocenters. The van der Waals surface area contributed by atoms with Gasteiger partial charge in [0.25, 0.3) is 0 Å². The van der Waals surface area contributed by atoms with Gasteiger partial charge in [0.05, 0.1) is 23.9 Å². The normalized spacial score (nSPS) is 9.74. The Morgan fingerprint density at radius 2 is 2.05 bits per heavy atom. The van der Waals surface area contributed by atoms with Crippen LogP contribution in [-0.4, -0.2) is 6.61 Å². The Morgan fingerprint density at radius 3 is 2.79 bits per heavy atom. The predicted octanol–water partition coefficient (Wildman–Crippen LogP) is 4.46. The number of ether oxygens (including phenoxy) is 1. The van der Waals surface area contributed by atoms with Gasteiger partial charge in [0.2, 0.25) is 0 Å². The molecule has 0 aliphatic rings. The molecule has 0 bridgehead atoms. The van der Waals surface area contributed by atoms with E-state index in [9.17, 15) is 0 Å². The minimum atomic E-state index is 0.603. The first-order chi connectivity index (χ1) is 9.22. The molecule has 0 saturated heterocycles. The van der Waals surface area contributed by atoms with Crippen LogP contribution in [0.25, 0.3) is 0 Å². The Morgan fingerprint density at radius 1 is 1.26 bits per heavy atom. The number of benzene rings is 2. The molecule has 4 heteroatoms. The molecule has 0 heterocycles. The maximum absolute atomic E-state index is 8.97. The first-order valence-electron chi connectivity index (χ1n) is 5.92. The number of hydrogen-bond donors (Lipinski definition) is 1. The zero-order chi connectivity index (χ0) is 13.7. The summed E-state index contributed by atoms with van der Waals surface area (Å²) in [6, 6.07) is 15.4. The van der Waals surface area contributed by atoms with Gasteiger partial charge < -0.3 is 10.1 Å². The summed E-state index contributed by atoms with van der Waals surface area (Å²) in [6.45, 7) is 2.56. The lowest BCUT2D eigenvalue weighted by Gasteiger charge is -2.12. The van der Waals surface area contributed by atoms with E-state index in [4.69, 9.17) is 10.00 Å². The van der Waals surface area contributed by atoms with E-state index in [1.54, 1.807) is 12.1 Å². The zero-order valence-electron chi connectivity index (χ0n) is 10.5. The summed E-state index contributed by atoms with van der Waals surface area (Å²) in [5, 5.41) is 12.2. The van der Waals surface area contributed by atoms with Crippen LogP contribution in [0.15, 0.2) is 46.9 Å². The number of para-hydroxylation sites is 2. The van der Waals surface area contributed by atoms with E-state index in [0.29, 0.717) is 12.2 Å². The van der Waals surface area contributed by atoms with E-state index in [0.717, 1.165) is 21.6 Å². The van der Waals surface area contributed by atoms with Crippen LogP contribution in [-0.2, 0) is 0 Å². The molecule has 0 amide bonds. The van der Waals surface area contributed by atoms with Crippen LogP contribution in [0.3, 0.4) is 0 Å². The van der Waals surface area contributed by atoms with Gasteiger partial charge in [-0.15, -0.1) is 0 Å². The minimum Gasteiger partial charge on any atom is -0.492 e. The Balaban J connectivity index is 2.31. The van der Waals surface area contributed by atoms with E-state index >= 15 is 0 Å². The Labute approximate surface area is 121 Å². The molecule has 0 fully saturated rings. The van der Waals surface area contributed by atoms with Gasteiger partial charge >= 0.3 is 0 Å².